The number of carboxylic acids is 1. The van der Waals surface area contributed by atoms with Gasteiger partial charge in [-0.3, -0.25) is 14.2 Å². The van der Waals surface area contributed by atoms with Crippen molar-refractivity contribution in [3.05, 3.63) is 71.4 Å². The number of carbonyl (C=O) groups is 4. The zero-order valence-electron chi connectivity index (χ0n) is 14.1. The van der Waals surface area contributed by atoms with Gasteiger partial charge in [0.1, 0.15) is 0 Å². The molecule has 8 heteroatoms. The van der Waals surface area contributed by atoms with Crippen molar-refractivity contribution in [2.24, 2.45) is 0 Å². The van der Waals surface area contributed by atoms with Gasteiger partial charge in [-0.05, 0) is 24.3 Å². The summed E-state index contributed by atoms with van der Waals surface area (Å²) in [7, 11) is 0. The molecular formula is C19H14N2O6. The quantitative estimate of drug-likeness (QED) is 0.688. The largest absolute Gasteiger partial charge is 0.478 e. The van der Waals surface area contributed by atoms with Crippen LogP contribution in [0.2, 0.25) is 0 Å². The molecule has 136 valence electrons. The Balaban J connectivity index is 1.79. The third kappa shape index (κ3) is 3.54. The van der Waals surface area contributed by atoms with E-state index in [1.165, 1.54) is 35.9 Å². The molecule has 0 saturated carbocycles. The minimum absolute atomic E-state index is 0.0265. The lowest BCUT2D eigenvalue weighted by Gasteiger charge is -2.05. The van der Waals surface area contributed by atoms with E-state index in [1.807, 2.05) is 5.48 Å². The Morgan fingerprint density at radius 3 is 2.41 bits per heavy atom. The Labute approximate surface area is 152 Å². The highest BCUT2D eigenvalue weighted by Crippen LogP contribution is 2.21. The number of aromatic carboxylic acids is 1. The van der Waals surface area contributed by atoms with Crippen LogP contribution in [0.1, 0.15) is 42.8 Å². The van der Waals surface area contributed by atoms with E-state index in [2.05, 4.69) is 0 Å². The summed E-state index contributed by atoms with van der Waals surface area (Å²) >= 11 is 0. The number of amides is 1. The Kier molecular flexibility index (Phi) is 4.71. The highest BCUT2D eigenvalue weighted by atomic mass is 16.7. The van der Waals surface area contributed by atoms with E-state index in [0.717, 1.165) is 6.07 Å². The van der Waals surface area contributed by atoms with Crippen LogP contribution in [0.5, 0.6) is 0 Å². The molecule has 3 rings (SSSR count). The predicted octanol–water partition coefficient (Wildman–Crippen LogP) is 2.50. The molecule has 0 saturated heterocycles. The number of hydroxylamine groups is 1. The standard InChI is InChI=1S/C19H14N2O6/c1-11(22)21-10-15(14-7-2-3-8-16(14)21)17(23)20-27-19(26)13-6-4-5-12(9-13)18(24)25/h2-10H,1H3,(H,20,23)(H,24,25). The molecule has 0 unspecified atom stereocenters. The summed E-state index contributed by atoms with van der Waals surface area (Å²) < 4.78 is 1.32. The molecule has 0 bridgehead atoms. The minimum atomic E-state index is -1.19. The van der Waals surface area contributed by atoms with Crippen LogP contribution in [0.3, 0.4) is 0 Å². The lowest BCUT2D eigenvalue weighted by Crippen LogP contribution is -2.27. The number of hydrogen-bond acceptors (Lipinski definition) is 5. The lowest BCUT2D eigenvalue weighted by atomic mass is 10.1. The molecule has 1 aromatic heterocycles. The molecule has 0 aliphatic heterocycles. The molecule has 8 nitrogen and oxygen atoms in total. The molecule has 0 atom stereocenters. The molecule has 0 aliphatic carbocycles. The second-order valence-electron chi connectivity index (χ2n) is 5.66. The van der Waals surface area contributed by atoms with Gasteiger partial charge in [-0.1, -0.05) is 24.3 Å². The van der Waals surface area contributed by atoms with E-state index in [0.29, 0.717) is 10.9 Å². The highest BCUT2D eigenvalue weighted by molar-refractivity contribution is 6.09. The second kappa shape index (κ2) is 7.12. The SMILES string of the molecule is CC(=O)n1cc(C(=O)NOC(=O)c2cccc(C(=O)O)c2)c2ccccc21. The van der Waals surface area contributed by atoms with Crippen LogP contribution >= 0.6 is 0 Å². The van der Waals surface area contributed by atoms with Gasteiger partial charge in [0.25, 0.3) is 5.91 Å². The smallest absolute Gasteiger partial charge is 0.362 e. The van der Waals surface area contributed by atoms with Crippen LogP contribution in [-0.2, 0) is 4.84 Å². The van der Waals surface area contributed by atoms with E-state index < -0.39 is 17.8 Å². The first-order valence-corrected chi connectivity index (χ1v) is 7.84. The first kappa shape index (κ1) is 17.9. The van der Waals surface area contributed by atoms with Crippen molar-refractivity contribution in [1.29, 1.82) is 0 Å². The first-order chi connectivity index (χ1) is 12.9. The molecule has 2 N–H and O–H groups in total. The Bertz CT molecular complexity index is 1080. The van der Waals surface area contributed by atoms with Crippen molar-refractivity contribution in [2.75, 3.05) is 0 Å². The van der Waals surface area contributed by atoms with Gasteiger partial charge < -0.3 is 9.94 Å². The minimum Gasteiger partial charge on any atom is -0.478 e. The number of aromatic nitrogens is 1. The summed E-state index contributed by atoms with van der Waals surface area (Å²) in [6.45, 7) is 1.36. The van der Waals surface area contributed by atoms with Crippen LogP contribution in [0.25, 0.3) is 10.9 Å². The van der Waals surface area contributed by atoms with Crippen molar-refractivity contribution < 1.29 is 29.1 Å². The summed E-state index contributed by atoms with van der Waals surface area (Å²) in [5, 5.41) is 9.48. The predicted molar refractivity (Wildman–Crippen MR) is 94.5 cm³/mol. The second-order valence-corrected chi connectivity index (χ2v) is 5.66. The van der Waals surface area contributed by atoms with Crippen LogP contribution < -0.4 is 5.48 Å². The van der Waals surface area contributed by atoms with E-state index in [1.54, 1.807) is 24.3 Å². The number of benzene rings is 2. The highest BCUT2D eigenvalue weighted by Gasteiger charge is 2.18. The third-order valence-corrected chi connectivity index (χ3v) is 3.88. The molecule has 27 heavy (non-hydrogen) atoms. The Morgan fingerprint density at radius 1 is 1.00 bits per heavy atom. The number of nitrogens with one attached hydrogen (secondary N) is 1. The zero-order valence-corrected chi connectivity index (χ0v) is 14.1. The van der Waals surface area contributed by atoms with Gasteiger partial charge in [0.2, 0.25) is 5.91 Å². The third-order valence-electron chi connectivity index (χ3n) is 3.88. The van der Waals surface area contributed by atoms with E-state index in [9.17, 15) is 19.2 Å². The summed E-state index contributed by atoms with van der Waals surface area (Å²) in [5.41, 5.74) is 2.63. The maximum Gasteiger partial charge on any atom is 0.362 e. The number of para-hydroxylation sites is 1. The first-order valence-electron chi connectivity index (χ1n) is 7.84. The number of nitrogens with zero attached hydrogens (tertiary/aromatic N) is 1. The van der Waals surface area contributed by atoms with Crippen LogP contribution in [0.4, 0.5) is 0 Å². The Hall–Kier alpha value is -3.94. The van der Waals surface area contributed by atoms with Crippen LogP contribution in [-0.4, -0.2) is 33.4 Å². The maximum absolute atomic E-state index is 12.4. The average molecular weight is 366 g/mol. The number of carboxylic acid groups (broad SMARTS) is 1. The number of rotatable bonds is 3. The molecule has 0 spiro atoms. The van der Waals surface area contributed by atoms with Crippen LogP contribution in [0.15, 0.2) is 54.7 Å². The lowest BCUT2D eigenvalue weighted by molar-refractivity contribution is 0.0230. The fourth-order valence-electron chi connectivity index (χ4n) is 2.61. The van der Waals surface area contributed by atoms with E-state index in [-0.39, 0.29) is 22.6 Å². The van der Waals surface area contributed by atoms with Gasteiger partial charge in [0, 0.05) is 18.5 Å². The van der Waals surface area contributed by atoms with Gasteiger partial charge >= 0.3 is 11.9 Å². The normalized spacial score (nSPS) is 10.4. The Morgan fingerprint density at radius 2 is 1.70 bits per heavy atom. The molecule has 1 amide bonds. The van der Waals surface area contributed by atoms with Gasteiger partial charge in [0.15, 0.2) is 0 Å². The topological polar surface area (TPSA) is 115 Å². The van der Waals surface area contributed by atoms with Gasteiger partial charge in [-0.15, -0.1) is 0 Å². The summed E-state index contributed by atoms with van der Waals surface area (Å²) in [5.74, 6) is -3.09. The van der Waals surface area contributed by atoms with E-state index >= 15 is 0 Å². The maximum atomic E-state index is 12.4. The summed E-state index contributed by atoms with van der Waals surface area (Å²) in [4.78, 5) is 51.9. The van der Waals surface area contributed by atoms with Crippen molar-refractivity contribution in [2.45, 2.75) is 6.92 Å². The number of hydrogen-bond donors (Lipinski definition) is 2. The monoisotopic (exact) mass is 366 g/mol. The number of fused-ring (bicyclic) bond motifs is 1. The molecule has 0 aliphatic rings. The summed E-state index contributed by atoms with van der Waals surface area (Å²) in [6.07, 6.45) is 1.36. The fourth-order valence-corrected chi connectivity index (χ4v) is 2.61. The molecule has 2 aromatic carbocycles. The van der Waals surface area contributed by atoms with Crippen molar-refractivity contribution in [3.63, 3.8) is 0 Å². The molecule has 1 heterocycles. The van der Waals surface area contributed by atoms with Crippen LogP contribution in [0, 0.1) is 0 Å². The van der Waals surface area contributed by atoms with Gasteiger partial charge in [0.05, 0.1) is 22.2 Å². The fraction of sp³-hybridized carbons (Fsp3) is 0.0526. The molecule has 0 fully saturated rings. The summed E-state index contributed by atoms with van der Waals surface area (Å²) in [6, 6.07) is 12.0. The molecule has 0 radical (unpaired) electrons. The van der Waals surface area contributed by atoms with Gasteiger partial charge in [-0.2, -0.15) is 5.48 Å². The average Bonchev–Trinajstić information content (AvgIpc) is 3.06. The van der Waals surface area contributed by atoms with Crippen molar-refractivity contribution in [1.82, 2.24) is 10.0 Å². The number of carbonyl (C=O) groups excluding carboxylic acids is 3. The zero-order chi connectivity index (χ0) is 19.6. The van der Waals surface area contributed by atoms with Crippen molar-refractivity contribution in [3.8, 4) is 0 Å². The van der Waals surface area contributed by atoms with Crippen molar-refractivity contribution >= 4 is 34.7 Å². The molecule has 3 aromatic rings. The van der Waals surface area contributed by atoms with Gasteiger partial charge in [-0.25, -0.2) is 9.59 Å². The molecular weight excluding hydrogens is 352 g/mol. The van der Waals surface area contributed by atoms with E-state index in [4.69, 9.17) is 9.94 Å².